The van der Waals surface area contributed by atoms with Gasteiger partial charge >= 0.3 is 0 Å². The summed E-state index contributed by atoms with van der Waals surface area (Å²) in [6.07, 6.45) is 6.70. The van der Waals surface area contributed by atoms with E-state index in [0.29, 0.717) is 5.56 Å². The molecule has 0 saturated heterocycles. The Hall–Kier alpha value is -1.39. The Kier molecular flexibility index (Phi) is 5.71. The smallest absolute Gasteiger partial charge is 0.268 e. The van der Waals surface area contributed by atoms with Crippen molar-refractivity contribution < 1.29 is 4.79 Å². The number of nitrogens with one attached hydrogen (secondary N) is 1. The van der Waals surface area contributed by atoms with Crippen LogP contribution in [0.15, 0.2) is 12.1 Å². The lowest BCUT2D eigenvalue weighted by atomic mass is 9.83. The zero-order valence-electron chi connectivity index (χ0n) is 15.7. The van der Waals surface area contributed by atoms with Gasteiger partial charge in [0, 0.05) is 12.9 Å². The number of amides is 1. The highest BCUT2D eigenvalue weighted by Gasteiger charge is 2.63. The molecule has 1 fully saturated rings. The predicted molar refractivity (Wildman–Crippen MR) is 104 cm³/mol. The molecule has 1 amide bonds. The molecular weight excluding hydrogens is 315 g/mol. The number of carbonyl (C=O) groups excluding carboxylic acids is 1. The molecule has 1 aromatic carbocycles. The second-order valence-electron chi connectivity index (χ2n) is 7.03. The molecule has 0 radical (unpaired) electrons. The van der Waals surface area contributed by atoms with Gasteiger partial charge in [-0.1, -0.05) is 0 Å². The number of hydrogen-bond acceptors (Lipinski definition) is 2. The van der Waals surface area contributed by atoms with Crippen LogP contribution in [-0.4, -0.2) is 29.5 Å². The van der Waals surface area contributed by atoms with E-state index in [-0.39, 0.29) is 11.1 Å². The molecule has 1 aromatic rings. The van der Waals surface area contributed by atoms with Gasteiger partial charge in [0.1, 0.15) is 0 Å². The minimum absolute atomic E-state index is 0.127. The Morgan fingerprint density at radius 1 is 1.17 bits per heavy atom. The van der Waals surface area contributed by atoms with Gasteiger partial charge in [-0.15, -0.1) is 0 Å². The molecule has 1 N–H and O–H groups in total. The number of aryl methyl sites for hydroxylation is 2. The van der Waals surface area contributed by atoms with Crippen LogP contribution in [0.25, 0.3) is 0 Å². The van der Waals surface area contributed by atoms with E-state index in [2.05, 4.69) is 32.2 Å². The molecule has 130 valence electrons. The Balaban J connectivity index is 2.37. The molecule has 0 unspecified atom stereocenters. The van der Waals surface area contributed by atoms with E-state index in [1.807, 2.05) is 26.0 Å². The molecule has 24 heavy (non-hydrogen) atoms. The zero-order valence-corrected chi connectivity index (χ0v) is 16.6. The topological polar surface area (TPSA) is 52.9 Å². The van der Waals surface area contributed by atoms with Crippen molar-refractivity contribution in [2.75, 3.05) is 23.8 Å². The van der Waals surface area contributed by atoms with Crippen molar-refractivity contribution in [3.05, 3.63) is 28.8 Å². The molecule has 0 heterocycles. The van der Waals surface area contributed by atoms with E-state index in [4.69, 9.17) is 5.26 Å². The van der Waals surface area contributed by atoms with Crippen LogP contribution >= 0.6 is 7.26 Å². The first-order valence-electron chi connectivity index (χ1n) is 9.08. The Morgan fingerprint density at radius 3 is 2.00 bits per heavy atom. The fourth-order valence-corrected chi connectivity index (χ4v) is 9.37. The van der Waals surface area contributed by atoms with Gasteiger partial charge in [-0.25, -0.2) is 0 Å². The largest absolute Gasteiger partial charge is 0.322 e. The van der Waals surface area contributed by atoms with Crippen molar-refractivity contribution in [3.63, 3.8) is 0 Å². The van der Waals surface area contributed by atoms with E-state index in [1.165, 1.54) is 6.42 Å². The van der Waals surface area contributed by atoms with Crippen molar-refractivity contribution in [1.29, 1.82) is 5.26 Å². The van der Waals surface area contributed by atoms with E-state index in [9.17, 15) is 4.79 Å². The molecule has 0 aromatic heterocycles. The zero-order chi connectivity index (χ0) is 18.0. The maximum atomic E-state index is 13.4. The van der Waals surface area contributed by atoms with Gasteiger partial charge in [-0.2, -0.15) is 5.26 Å². The van der Waals surface area contributed by atoms with E-state index in [1.54, 1.807) is 0 Å². The Morgan fingerprint density at radius 2 is 1.67 bits per heavy atom. The maximum Gasteiger partial charge on any atom is 0.268 e. The SMILES string of the molecule is CC[P+](CC)(CC)C1(C(=O)Nc2c(C)cc(C#N)cc2C)CCC1. The Labute approximate surface area is 147 Å². The number of carbonyl (C=O) groups is 1. The van der Waals surface area contributed by atoms with Crippen LogP contribution in [0.3, 0.4) is 0 Å². The fourth-order valence-electron chi connectivity index (χ4n) is 4.46. The van der Waals surface area contributed by atoms with Crippen LogP contribution in [-0.2, 0) is 4.79 Å². The molecule has 0 atom stereocenters. The van der Waals surface area contributed by atoms with Crippen LogP contribution in [0.2, 0.25) is 0 Å². The first-order valence-corrected chi connectivity index (χ1v) is 11.4. The quantitative estimate of drug-likeness (QED) is 0.728. The second-order valence-corrected chi connectivity index (χ2v) is 12.1. The van der Waals surface area contributed by atoms with Crippen LogP contribution in [0, 0.1) is 25.2 Å². The molecule has 3 nitrogen and oxygen atoms in total. The number of anilines is 1. The third-order valence-corrected chi connectivity index (χ3v) is 12.3. The summed E-state index contributed by atoms with van der Waals surface area (Å²) in [6, 6.07) is 5.90. The molecule has 4 heteroatoms. The monoisotopic (exact) mass is 345 g/mol. The summed E-state index contributed by atoms with van der Waals surface area (Å²) < 4.78 is 0. The summed E-state index contributed by atoms with van der Waals surface area (Å²) in [6.45, 7) is 10.8. The summed E-state index contributed by atoms with van der Waals surface area (Å²) in [5, 5.41) is 12.2. The standard InChI is InChI=1S/C20H29N2OP/c1-6-24(7-2,8-3)20(10-9-11-20)19(23)22-18-15(4)12-17(14-21)13-16(18)5/h12-13H,6-11H2,1-5H3/p+1. The average molecular weight is 345 g/mol. The Bertz CT molecular complexity index is 635. The van der Waals surface area contributed by atoms with Gasteiger partial charge in [0.15, 0.2) is 5.16 Å². The number of hydrogen-bond donors (Lipinski definition) is 1. The molecule has 0 aliphatic heterocycles. The van der Waals surface area contributed by atoms with Crippen LogP contribution in [0.5, 0.6) is 0 Å². The average Bonchev–Trinajstić information content (AvgIpc) is 2.53. The van der Waals surface area contributed by atoms with Crippen LogP contribution in [0.1, 0.15) is 56.7 Å². The van der Waals surface area contributed by atoms with Gasteiger partial charge in [0.2, 0.25) is 0 Å². The molecule has 1 saturated carbocycles. The highest BCUT2D eigenvalue weighted by molar-refractivity contribution is 7.78. The minimum atomic E-state index is -1.28. The first-order chi connectivity index (χ1) is 11.4. The summed E-state index contributed by atoms with van der Waals surface area (Å²) in [7, 11) is -1.28. The lowest BCUT2D eigenvalue weighted by Gasteiger charge is -2.48. The number of nitriles is 1. The summed E-state index contributed by atoms with van der Waals surface area (Å²) in [4.78, 5) is 13.4. The number of rotatable bonds is 6. The maximum absolute atomic E-state index is 13.4. The molecular formula is C20H30N2OP+. The molecule has 0 spiro atoms. The van der Waals surface area contributed by atoms with Gasteiger partial charge in [-0.05, 0) is 77.1 Å². The highest BCUT2D eigenvalue weighted by atomic mass is 31.2. The van der Waals surface area contributed by atoms with E-state index < -0.39 is 7.26 Å². The van der Waals surface area contributed by atoms with E-state index >= 15 is 0 Å². The van der Waals surface area contributed by atoms with Crippen molar-refractivity contribution in [2.24, 2.45) is 0 Å². The van der Waals surface area contributed by atoms with Crippen molar-refractivity contribution in [3.8, 4) is 6.07 Å². The van der Waals surface area contributed by atoms with Gasteiger partial charge < -0.3 is 5.32 Å². The molecule has 2 rings (SSSR count). The second kappa shape index (κ2) is 7.24. The van der Waals surface area contributed by atoms with Gasteiger partial charge in [0.25, 0.3) is 5.91 Å². The summed E-state index contributed by atoms with van der Waals surface area (Å²) in [5.74, 6) is 0.226. The summed E-state index contributed by atoms with van der Waals surface area (Å²) in [5.41, 5.74) is 3.50. The number of benzene rings is 1. The minimum Gasteiger partial charge on any atom is -0.322 e. The van der Waals surface area contributed by atoms with Crippen molar-refractivity contribution >= 4 is 18.9 Å². The van der Waals surface area contributed by atoms with E-state index in [0.717, 1.165) is 48.1 Å². The fraction of sp³-hybridized carbons (Fsp3) is 0.600. The summed E-state index contributed by atoms with van der Waals surface area (Å²) >= 11 is 0. The lowest BCUT2D eigenvalue weighted by Crippen LogP contribution is -2.52. The molecule has 0 bridgehead atoms. The van der Waals surface area contributed by atoms with Crippen LogP contribution < -0.4 is 5.32 Å². The predicted octanol–water partition coefficient (Wildman–Crippen LogP) is 5.11. The van der Waals surface area contributed by atoms with Gasteiger partial charge in [-0.3, -0.25) is 4.79 Å². The lowest BCUT2D eigenvalue weighted by molar-refractivity contribution is -0.120. The number of nitrogens with zero attached hydrogens (tertiary/aromatic N) is 1. The van der Waals surface area contributed by atoms with Crippen molar-refractivity contribution in [2.45, 2.75) is 59.0 Å². The first kappa shape index (κ1) is 18.9. The van der Waals surface area contributed by atoms with Crippen molar-refractivity contribution in [1.82, 2.24) is 0 Å². The third-order valence-electron chi connectivity index (χ3n) is 6.23. The highest BCUT2D eigenvalue weighted by Crippen LogP contribution is 2.74. The normalized spacial score (nSPS) is 16.2. The molecule has 1 aliphatic carbocycles. The van der Waals surface area contributed by atoms with Gasteiger partial charge in [0.05, 0.1) is 30.1 Å². The van der Waals surface area contributed by atoms with Crippen LogP contribution in [0.4, 0.5) is 5.69 Å². The third kappa shape index (κ3) is 2.86. The molecule has 1 aliphatic rings.